The Hall–Kier alpha value is -2.94. The molecule has 1 aromatic carbocycles. The van der Waals surface area contributed by atoms with Crippen LogP contribution in [-0.4, -0.2) is 59.3 Å². The van der Waals surface area contributed by atoms with Crippen LogP contribution < -0.4 is 0 Å². The first-order valence-electron chi connectivity index (χ1n) is 11.2. The molecule has 3 heterocycles. The van der Waals surface area contributed by atoms with Crippen molar-refractivity contribution in [2.24, 2.45) is 10.3 Å². The molecule has 1 amide bonds. The number of amides is 1. The third kappa shape index (κ3) is 5.71. The topological polar surface area (TPSA) is 85.6 Å². The Balaban J connectivity index is 1.36. The molecule has 0 spiro atoms. The minimum Gasteiger partial charge on any atom is -0.444 e. The van der Waals surface area contributed by atoms with Gasteiger partial charge in [0.25, 0.3) is 0 Å². The zero-order valence-corrected chi connectivity index (χ0v) is 20.3. The average molecular weight is 471 g/mol. The van der Waals surface area contributed by atoms with Crippen LogP contribution in [0, 0.1) is 0 Å². The molecule has 1 saturated heterocycles. The van der Waals surface area contributed by atoms with Crippen LogP contribution >= 0.6 is 11.3 Å². The number of carbonyl (C=O) groups is 1. The predicted molar refractivity (Wildman–Crippen MR) is 128 cm³/mol. The SMILES string of the molecule is CON=C(c1ccccc1)C1CC(c2csc(C3CCN(C(=O)OC(C)(C)C)CC3)n2)=NO1. The second-order valence-corrected chi connectivity index (χ2v) is 10.1. The van der Waals surface area contributed by atoms with Gasteiger partial charge in [-0.3, -0.25) is 0 Å². The van der Waals surface area contributed by atoms with Crippen molar-refractivity contribution in [3.05, 3.63) is 52.0 Å². The third-order valence-electron chi connectivity index (χ3n) is 5.55. The van der Waals surface area contributed by atoms with Gasteiger partial charge in [-0.1, -0.05) is 40.6 Å². The first-order chi connectivity index (χ1) is 15.8. The lowest BCUT2D eigenvalue weighted by Gasteiger charge is -2.32. The third-order valence-corrected chi connectivity index (χ3v) is 6.55. The molecule has 8 nitrogen and oxygen atoms in total. The van der Waals surface area contributed by atoms with E-state index in [1.165, 1.54) is 7.11 Å². The van der Waals surface area contributed by atoms with Gasteiger partial charge in [-0.15, -0.1) is 11.3 Å². The second-order valence-electron chi connectivity index (χ2n) is 9.17. The number of likely N-dealkylation sites (tertiary alicyclic amines) is 1. The number of oxime groups is 2. The van der Waals surface area contributed by atoms with E-state index in [4.69, 9.17) is 19.4 Å². The van der Waals surface area contributed by atoms with Crippen molar-refractivity contribution in [1.82, 2.24) is 9.88 Å². The molecule has 2 aliphatic rings. The molecule has 0 bridgehead atoms. The van der Waals surface area contributed by atoms with Crippen molar-refractivity contribution < 1.29 is 19.2 Å². The van der Waals surface area contributed by atoms with Gasteiger partial charge in [0.2, 0.25) is 0 Å². The summed E-state index contributed by atoms with van der Waals surface area (Å²) in [4.78, 5) is 29.7. The molecule has 1 aromatic heterocycles. The number of ether oxygens (including phenoxy) is 1. The molecular formula is C24H30N4O4S. The summed E-state index contributed by atoms with van der Waals surface area (Å²) in [5, 5.41) is 11.6. The fourth-order valence-corrected chi connectivity index (χ4v) is 4.92. The Bertz CT molecular complexity index is 1020. The molecule has 9 heteroatoms. The van der Waals surface area contributed by atoms with E-state index in [1.807, 2.05) is 56.5 Å². The van der Waals surface area contributed by atoms with Gasteiger partial charge in [0, 0.05) is 36.4 Å². The molecule has 0 saturated carbocycles. The number of rotatable bonds is 5. The standard InChI is InChI=1S/C24H30N4O4S/c1-24(2,3)31-23(29)28-12-10-17(11-13-28)22-25-19(15-33-22)18-14-20(32-26-18)21(27-30-4)16-8-6-5-7-9-16/h5-9,15,17,20H,10-14H2,1-4H3. The van der Waals surface area contributed by atoms with Gasteiger partial charge in [0.1, 0.15) is 24.1 Å². The van der Waals surface area contributed by atoms with Crippen molar-refractivity contribution in [3.8, 4) is 0 Å². The molecule has 176 valence electrons. The van der Waals surface area contributed by atoms with Crippen LogP contribution in [0.1, 0.15) is 62.2 Å². The smallest absolute Gasteiger partial charge is 0.410 e. The van der Waals surface area contributed by atoms with E-state index in [2.05, 4.69) is 10.3 Å². The van der Waals surface area contributed by atoms with Crippen LogP contribution in [0.25, 0.3) is 0 Å². The highest BCUT2D eigenvalue weighted by molar-refractivity contribution is 7.10. The summed E-state index contributed by atoms with van der Waals surface area (Å²) < 4.78 is 5.49. The number of aromatic nitrogens is 1. The Kier molecular flexibility index (Phi) is 6.97. The van der Waals surface area contributed by atoms with Crippen LogP contribution in [0.3, 0.4) is 0 Å². The number of nitrogens with zero attached hydrogens (tertiary/aromatic N) is 4. The summed E-state index contributed by atoms with van der Waals surface area (Å²) in [6.07, 6.45) is 1.77. The molecule has 33 heavy (non-hydrogen) atoms. The average Bonchev–Trinajstić information content (AvgIpc) is 3.47. The van der Waals surface area contributed by atoms with Gasteiger partial charge in [-0.25, -0.2) is 9.78 Å². The van der Waals surface area contributed by atoms with Gasteiger partial charge < -0.3 is 19.3 Å². The molecule has 2 aliphatic heterocycles. The number of hydrogen-bond acceptors (Lipinski definition) is 8. The maximum Gasteiger partial charge on any atom is 0.410 e. The molecule has 1 atom stereocenters. The lowest BCUT2D eigenvalue weighted by atomic mass is 9.97. The van der Waals surface area contributed by atoms with Crippen LogP contribution in [0.15, 0.2) is 46.0 Å². The second kappa shape index (κ2) is 9.91. The van der Waals surface area contributed by atoms with E-state index in [0.29, 0.717) is 31.1 Å². The Morgan fingerprint density at radius 1 is 1.21 bits per heavy atom. The molecule has 2 aromatic rings. The van der Waals surface area contributed by atoms with E-state index in [9.17, 15) is 4.79 Å². The Labute approximate surface area is 198 Å². The summed E-state index contributed by atoms with van der Waals surface area (Å²) in [5.41, 5.74) is 2.83. The van der Waals surface area contributed by atoms with Crippen molar-refractivity contribution in [2.45, 2.75) is 57.7 Å². The maximum atomic E-state index is 12.3. The van der Waals surface area contributed by atoms with Gasteiger partial charge in [-0.2, -0.15) is 0 Å². The van der Waals surface area contributed by atoms with Gasteiger partial charge in [-0.05, 0) is 33.6 Å². The summed E-state index contributed by atoms with van der Waals surface area (Å²) >= 11 is 1.64. The van der Waals surface area contributed by atoms with Crippen LogP contribution in [-0.2, 0) is 14.4 Å². The molecule has 0 N–H and O–H groups in total. The summed E-state index contributed by atoms with van der Waals surface area (Å²) in [6, 6.07) is 9.82. The van der Waals surface area contributed by atoms with E-state index >= 15 is 0 Å². The maximum absolute atomic E-state index is 12.3. The van der Waals surface area contributed by atoms with Crippen LogP contribution in [0.5, 0.6) is 0 Å². The highest BCUT2D eigenvalue weighted by Crippen LogP contribution is 2.32. The lowest BCUT2D eigenvalue weighted by Crippen LogP contribution is -2.41. The Morgan fingerprint density at radius 3 is 2.61 bits per heavy atom. The minimum atomic E-state index is -0.478. The number of carbonyl (C=O) groups excluding carboxylic acids is 1. The summed E-state index contributed by atoms with van der Waals surface area (Å²) in [7, 11) is 1.53. The van der Waals surface area contributed by atoms with Crippen molar-refractivity contribution in [2.75, 3.05) is 20.2 Å². The van der Waals surface area contributed by atoms with Crippen LogP contribution in [0.2, 0.25) is 0 Å². The monoisotopic (exact) mass is 470 g/mol. The van der Waals surface area contributed by atoms with Crippen molar-refractivity contribution >= 4 is 28.9 Å². The minimum absolute atomic E-state index is 0.240. The summed E-state index contributed by atoms with van der Waals surface area (Å²) in [6.45, 7) is 7.01. The molecule has 4 rings (SSSR count). The normalized spacial score (nSPS) is 19.8. The van der Waals surface area contributed by atoms with Gasteiger partial charge in [0.15, 0.2) is 6.10 Å². The number of thiazole rings is 1. The van der Waals surface area contributed by atoms with Crippen LogP contribution in [0.4, 0.5) is 4.79 Å². The van der Waals surface area contributed by atoms with Crippen molar-refractivity contribution in [3.63, 3.8) is 0 Å². The van der Waals surface area contributed by atoms with E-state index < -0.39 is 5.60 Å². The fraction of sp³-hybridized carbons (Fsp3) is 0.500. The van der Waals surface area contributed by atoms with Gasteiger partial charge in [0.05, 0.1) is 10.7 Å². The van der Waals surface area contributed by atoms with E-state index in [-0.39, 0.29) is 12.2 Å². The number of piperidine rings is 1. The lowest BCUT2D eigenvalue weighted by molar-refractivity contribution is 0.0205. The fourth-order valence-electron chi connectivity index (χ4n) is 3.92. The quantitative estimate of drug-likeness (QED) is 0.463. The van der Waals surface area contributed by atoms with Crippen molar-refractivity contribution in [1.29, 1.82) is 0 Å². The van der Waals surface area contributed by atoms with E-state index in [0.717, 1.165) is 34.8 Å². The highest BCUT2D eigenvalue weighted by atomic mass is 32.1. The summed E-state index contributed by atoms with van der Waals surface area (Å²) in [5.74, 6) is 0.330. The number of hydrogen-bond donors (Lipinski definition) is 0. The first kappa shape index (κ1) is 23.2. The van der Waals surface area contributed by atoms with E-state index in [1.54, 1.807) is 16.2 Å². The number of benzene rings is 1. The predicted octanol–water partition coefficient (Wildman–Crippen LogP) is 4.80. The molecule has 1 fully saturated rings. The zero-order chi connectivity index (χ0) is 23.4. The first-order valence-corrected chi connectivity index (χ1v) is 12.0. The largest absolute Gasteiger partial charge is 0.444 e. The molecular weight excluding hydrogens is 440 g/mol. The molecule has 1 unspecified atom stereocenters. The molecule has 0 radical (unpaired) electrons. The molecule has 0 aliphatic carbocycles. The zero-order valence-electron chi connectivity index (χ0n) is 19.5. The highest BCUT2D eigenvalue weighted by Gasteiger charge is 2.32. The van der Waals surface area contributed by atoms with Gasteiger partial charge >= 0.3 is 6.09 Å². The Morgan fingerprint density at radius 2 is 1.94 bits per heavy atom.